The van der Waals surface area contributed by atoms with Crippen LogP contribution >= 0.6 is 0 Å². The number of amides is 1. The molecular weight excluding hydrogens is 378 g/mol. The van der Waals surface area contributed by atoms with Gasteiger partial charge < -0.3 is 4.74 Å². The van der Waals surface area contributed by atoms with Crippen LogP contribution in [0.4, 0.5) is 10.5 Å². The Balaban J connectivity index is 1.55. The number of carbonyl (C=O) groups excluding carboxylic acids is 1. The quantitative estimate of drug-likeness (QED) is 0.165. The lowest BCUT2D eigenvalue weighted by Gasteiger charge is -2.08. The third-order valence-electron chi connectivity index (χ3n) is 4.64. The topological polar surface area (TPSA) is 72.8 Å². The normalized spacial score (nSPS) is 10.8. The summed E-state index contributed by atoms with van der Waals surface area (Å²) < 4.78 is 5.77. The van der Waals surface area contributed by atoms with Crippen LogP contribution in [0.1, 0.15) is 70.3 Å². The largest absolute Gasteiger partial charge is 0.494 e. The van der Waals surface area contributed by atoms with Gasteiger partial charge in [-0.25, -0.2) is 4.79 Å². The van der Waals surface area contributed by atoms with Crippen LogP contribution in [-0.4, -0.2) is 23.9 Å². The van der Waals surface area contributed by atoms with Crippen LogP contribution in [0.2, 0.25) is 0 Å². The molecule has 0 aliphatic rings. The molecule has 0 bridgehead atoms. The lowest BCUT2D eigenvalue weighted by atomic mass is 10.1. The molecule has 0 saturated carbocycles. The molecule has 1 N–H and O–H groups in total. The summed E-state index contributed by atoms with van der Waals surface area (Å²) in [5.41, 5.74) is 1.37. The molecule has 6 nitrogen and oxygen atoms in total. The second-order valence-electron chi connectivity index (χ2n) is 7.23. The maximum atomic E-state index is 11.8. The van der Waals surface area contributed by atoms with Crippen LogP contribution in [0.3, 0.4) is 0 Å². The Hall–Kier alpha value is -2.89. The predicted octanol–water partition coefficient (Wildman–Crippen LogP) is 6.57. The SMILES string of the molecule is CCCCCCCCCCCOc1ccc(NC(=O)O/N=C/c2cccnc2)cc1. The smallest absolute Gasteiger partial charge is 0.437 e. The van der Waals surface area contributed by atoms with E-state index in [0.717, 1.165) is 17.7 Å². The molecular formula is C24H33N3O3. The Morgan fingerprint density at radius 2 is 1.70 bits per heavy atom. The van der Waals surface area contributed by atoms with Gasteiger partial charge in [0.1, 0.15) is 5.75 Å². The van der Waals surface area contributed by atoms with Gasteiger partial charge in [0.15, 0.2) is 0 Å². The van der Waals surface area contributed by atoms with Gasteiger partial charge in [0.05, 0.1) is 12.8 Å². The van der Waals surface area contributed by atoms with Gasteiger partial charge in [-0.1, -0.05) is 69.5 Å². The number of pyridine rings is 1. The van der Waals surface area contributed by atoms with Crippen molar-refractivity contribution in [3.63, 3.8) is 0 Å². The van der Waals surface area contributed by atoms with Gasteiger partial charge in [0.25, 0.3) is 0 Å². The summed E-state index contributed by atoms with van der Waals surface area (Å²) in [6, 6.07) is 10.8. The van der Waals surface area contributed by atoms with E-state index in [1.807, 2.05) is 18.2 Å². The van der Waals surface area contributed by atoms with Crippen LogP contribution in [0.5, 0.6) is 5.75 Å². The standard InChI is InChI=1S/C24H33N3O3/c1-2-3-4-5-6-7-8-9-10-18-29-23-15-13-22(14-16-23)27-24(28)30-26-20-21-12-11-17-25-19-21/h11-17,19-20H,2-10,18H2,1H3,(H,27,28)/b26-20+. The summed E-state index contributed by atoms with van der Waals surface area (Å²) in [4.78, 5) is 20.5. The van der Waals surface area contributed by atoms with Crippen molar-refractivity contribution in [1.29, 1.82) is 0 Å². The molecule has 2 aromatic rings. The number of oxime groups is 1. The van der Waals surface area contributed by atoms with E-state index in [1.165, 1.54) is 57.6 Å². The molecule has 1 heterocycles. The fraction of sp³-hybridized carbons (Fsp3) is 0.458. The molecule has 6 heteroatoms. The molecule has 2 rings (SSSR count). The third kappa shape index (κ3) is 10.6. The van der Waals surface area contributed by atoms with E-state index < -0.39 is 6.09 Å². The van der Waals surface area contributed by atoms with E-state index in [1.54, 1.807) is 30.6 Å². The van der Waals surface area contributed by atoms with Crippen molar-refractivity contribution in [3.8, 4) is 5.75 Å². The van der Waals surface area contributed by atoms with Crippen LogP contribution in [0.25, 0.3) is 0 Å². The minimum Gasteiger partial charge on any atom is -0.494 e. The molecule has 0 saturated heterocycles. The van der Waals surface area contributed by atoms with Gasteiger partial charge in [0, 0.05) is 23.6 Å². The number of hydrogen-bond donors (Lipinski definition) is 1. The third-order valence-corrected chi connectivity index (χ3v) is 4.64. The minimum atomic E-state index is -0.654. The number of nitrogens with one attached hydrogen (secondary N) is 1. The van der Waals surface area contributed by atoms with E-state index in [9.17, 15) is 4.79 Å². The summed E-state index contributed by atoms with van der Waals surface area (Å²) in [6.45, 7) is 2.97. The molecule has 0 aliphatic heterocycles. The number of hydrogen-bond acceptors (Lipinski definition) is 5. The first-order valence-electron chi connectivity index (χ1n) is 10.9. The Morgan fingerprint density at radius 3 is 2.37 bits per heavy atom. The van der Waals surface area contributed by atoms with Crippen LogP contribution in [0.15, 0.2) is 53.9 Å². The van der Waals surface area contributed by atoms with E-state index in [2.05, 4.69) is 22.4 Å². The highest BCUT2D eigenvalue weighted by Crippen LogP contribution is 2.17. The number of benzene rings is 1. The molecule has 0 fully saturated rings. The Labute approximate surface area is 179 Å². The molecule has 1 aromatic heterocycles. The summed E-state index contributed by atoms with van der Waals surface area (Å²) >= 11 is 0. The Bertz CT molecular complexity index is 733. The zero-order chi connectivity index (χ0) is 21.3. The molecule has 1 aromatic carbocycles. The summed E-state index contributed by atoms with van der Waals surface area (Å²) in [5, 5.41) is 6.26. The lowest BCUT2D eigenvalue weighted by Crippen LogP contribution is -2.10. The summed E-state index contributed by atoms with van der Waals surface area (Å²) in [5.74, 6) is 0.795. The highest BCUT2D eigenvalue weighted by atomic mass is 16.7. The molecule has 162 valence electrons. The second kappa shape index (κ2) is 15.0. The zero-order valence-electron chi connectivity index (χ0n) is 17.9. The van der Waals surface area contributed by atoms with Gasteiger partial charge in [-0.05, 0) is 36.8 Å². The Morgan fingerprint density at radius 1 is 1.00 bits per heavy atom. The van der Waals surface area contributed by atoms with Crippen molar-refractivity contribution in [2.24, 2.45) is 5.16 Å². The van der Waals surface area contributed by atoms with Gasteiger partial charge in [0.2, 0.25) is 0 Å². The summed E-state index contributed by atoms with van der Waals surface area (Å²) in [6.07, 6.45) is 15.7. The van der Waals surface area contributed by atoms with E-state index in [4.69, 9.17) is 9.57 Å². The van der Waals surface area contributed by atoms with Gasteiger partial charge in [-0.3, -0.25) is 15.1 Å². The molecule has 0 aliphatic carbocycles. The minimum absolute atomic E-state index is 0.618. The van der Waals surface area contributed by atoms with Gasteiger partial charge in [-0.2, -0.15) is 0 Å². The molecule has 0 atom stereocenters. The number of carbonyl (C=O) groups is 1. The van der Waals surface area contributed by atoms with Crippen LogP contribution in [0, 0.1) is 0 Å². The number of nitrogens with zero attached hydrogens (tertiary/aromatic N) is 2. The van der Waals surface area contributed by atoms with Crippen LogP contribution in [-0.2, 0) is 4.84 Å². The second-order valence-corrected chi connectivity index (χ2v) is 7.23. The maximum Gasteiger partial charge on any atom is 0.437 e. The summed E-state index contributed by atoms with van der Waals surface area (Å²) in [7, 11) is 0. The Kier molecular flexibility index (Phi) is 11.7. The van der Waals surface area contributed by atoms with Gasteiger partial charge >= 0.3 is 6.09 Å². The number of unbranched alkanes of at least 4 members (excludes halogenated alkanes) is 8. The first-order valence-corrected chi connectivity index (χ1v) is 10.9. The lowest BCUT2D eigenvalue weighted by molar-refractivity contribution is 0.167. The predicted molar refractivity (Wildman–Crippen MR) is 121 cm³/mol. The number of rotatable bonds is 14. The fourth-order valence-corrected chi connectivity index (χ4v) is 2.97. The van der Waals surface area contributed by atoms with E-state index in [0.29, 0.717) is 12.3 Å². The maximum absolute atomic E-state index is 11.8. The van der Waals surface area contributed by atoms with Crippen molar-refractivity contribution < 1.29 is 14.4 Å². The average Bonchev–Trinajstić information content (AvgIpc) is 2.77. The molecule has 30 heavy (non-hydrogen) atoms. The highest BCUT2D eigenvalue weighted by molar-refractivity contribution is 5.85. The average molecular weight is 412 g/mol. The van der Waals surface area contributed by atoms with Crippen LogP contribution < -0.4 is 10.1 Å². The van der Waals surface area contributed by atoms with Gasteiger partial charge in [-0.15, -0.1) is 0 Å². The first-order chi connectivity index (χ1) is 14.8. The zero-order valence-corrected chi connectivity index (χ0v) is 17.9. The molecule has 0 unspecified atom stereocenters. The first kappa shape index (κ1) is 23.4. The van der Waals surface area contributed by atoms with E-state index >= 15 is 0 Å². The molecule has 1 amide bonds. The number of aromatic nitrogens is 1. The monoisotopic (exact) mass is 411 g/mol. The highest BCUT2D eigenvalue weighted by Gasteiger charge is 2.03. The van der Waals surface area contributed by atoms with Crippen molar-refractivity contribution in [2.75, 3.05) is 11.9 Å². The fourth-order valence-electron chi connectivity index (χ4n) is 2.97. The number of anilines is 1. The molecule has 0 spiro atoms. The van der Waals surface area contributed by atoms with Crippen molar-refractivity contribution in [1.82, 2.24) is 4.98 Å². The molecule has 0 radical (unpaired) electrons. The van der Waals surface area contributed by atoms with Crippen molar-refractivity contribution in [3.05, 3.63) is 54.4 Å². The van der Waals surface area contributed by atoms with E-state index in [-0.39, 0.29) is 0 Å². The van der Waals surface area contributed by atoms with Crippen molar-refractivity contribution >= 4 is 18.0 Å². The van der Waals surface area contributed by atoms with Crippen molar-refractivity contribution in [2.45, 2.75) is 64.7 Å². The number of ether oxygens (including phenoxy) is 1.